The zero-order valence-electron chi connectivity index (χ0n) is 10.1. The van der Waals surface area contributed by atoms with E-state index in [4.69, 9.17) is 11.6 Å². The molecule has 7 heteroatoms. The number of hydrogen-bond donors (Lipinski definition) is 0. The molecule has 1 heterocycles. The highest BCUT2D eigenvalue weighted by atomic mass is 35.5. The van der Waals surface area contributed by atoms with Gasteiger partial charge in [0.2, 0.25) is 5.70 Å². The molecule has 0 N–H and O–H groups in total. The summed E-state index contributed by atoms with van der Waals surface area (Å²) < 4.78 is 0. The summed E-state index contributed by atoms with van der Waals surface area (Å²) in [5.74, 6) is -0.161. The van der Waals surface area contributed by atoms with Gasteiger partial charge < -0.3 is 4.90 Å². The van der Waals surface area contributed by atoms with Crippen LogP contribution in [0.2, 0.25) is 5.15 Å². The molecule has 94 valence electrons. The first-order valence-corrected chi connectivity index (χ1v) is 6.22. The molecule has 1 aromatic heterocycles. The standard InChI is InChI=1S/C10H14ClN3O2S/c1-6(2)7(14(15)16)5-8-9(11)12-10(17-8)13(3)4/h5-6H,1-4H3. The van der Waals surface area contributed by atoms with Gasteiger partial charge in [0.25, 0.3) is 0 Å². The number of nitro groups is 1. The first kappa shape index (κ1) is 13.9. The molecule has 0 saturated carbocycles. The van der Waals surface area contributed by atoms with Gasteiger partial charge in [0.1, 0.15) is 5.15 Å². The molecule has 0 aliphatic carbocycles. The van der Waals surface area contributed by atoms with Gasteiger partial charge in [-0.1, -0.05) is 36.8 Å². The first-order chi connectivity index (χ1) is 7.82. The molecule has 0 radical (unpaired) electrons. The molecule has 0 unspecified atom stereocenters. The largest absolute Gasteiger partial charge is 0.354 e. The molecule has 1 aromatic rings. The van der Waals surface area contributed by atoms with E-state index in [1.165, 1.54) is 17.4 Å². The van der Waals surface area contributed by atoms with Crippen LogP contribution in [0.4, 0.5) is 5.13 Å². The number of rotatable bonds is 4. The van der Waals surface area contributed by atoms with Gasteiger partial charge >= 0.3 is 0 Å². The lowest BCUT2D eigenvalue weighted by atomic mass is 10.1. The zero-order valence-corrected chi connectivity index (χ0v) is 11.7. The van der Waals surface area contributed by atoms with Crippen LogP contribution in [0.1, 0.15) is 18.7 Å². The predicted octanol–water partition coefficient (Wildman–Crippen LogP) is 3.14. The maximum Gasteiger partial charge on any atom is 0.250 e. The van der Waals surface area contributed by atoms with Gasteiger partial charge in [-0.3, -0.25) is 10.1 Å². The average Bonchev–Trinajstić information content (AvgIpc) is 2.55. The smallest absolute Gasteiger partial charge is 0.250 e. The van der Waals surface area contributed by atoms with Gasteiger partial charge in [0.05, 0.1) is 9.80 Å². The summed E-state index contributed by atoms with van der Waals surface area (Å²) in [4.78, 5) is 17.0. The third-order valence-electron chi connectivity index (χ3n) is 2.06. The van der Waals surface area contributed by atoms with Crippen molar-refractivity contribution in [3.8, 4) is 0 Å². The van der Waals surface area contributed by atoms with E-state index in [-0.39, 0.29) is 16.5 Å². The van der Waals surface area contributed by atoms with Gasteiger partial charge in [-0.15, -0.1) is 0 Å². The molecule has 1 rings (SSSR count). The van der Waals surface area contributed by atoms with E-state index < -0.39 is 0 Å². The van der Waals surface area contributed by atoms with Crippen molar-refractivity contribution in [2.24, 2.45) is 5.92 Å². The van der Waals surface area contributed by atoms with Gasteiger partial charge in [-0.25, -0.2) is 4.98 Å². The van der Waals surface area contributed by atoms with E-state index in [0.29, 0.717) is 10.0 Å². The molecule has 0 aliphatic heterocycles. The van der Waals surface area contributed by atoms with E-state index in [9.17, 15) is 10.1 Å². The molecule has 0 saturated heterocycles. The highest BCUT2D eigenvalue weighted by Gasteiger charge is 2.18. The van der Waals surface area contributed by atoms with E-state index in [2.05, 4.69) is 4.98 Å². The normalized spacial score (nSPS) is 12.0. The van der Waals surface area contributed by atoms with Crippen LogP contribution in [-0.2, 0) is 0 Å². The first-order valence-electron chi connectivity index (χ1n) is 5.02. The highest BCUT2D eigenvalue weighted by Crippen LogP contribution is 2.31. The Morgan fingerprint density at radius 3 is 2.53 bits per heavy atom. The van der Waals surface area contributed by atoms with Crippen LogP contribution < -0.4 is 4.90 Å². The Hall–Kier alpha value is -1.14. The van der Waals surface area contributed by atoms with Crippen LogP contribution >= 0.6 is 22.9 Å². The summed E-state index contributed by atoms with van der Waals surface area (Å²) in [5.41, 5.74) is 0.140. The van der Waals surface area contributed by atoms with Gasteiger partial charge in [-0.2, -0.15) is 0 Å². The summed E-state index contributed by atoms with van der Waals surface area (Å²) in [7, 11) is 3.69. The van der Waals surface area contributed by atoms with Gasteiger partial charge in [0.15, 0.2) is 5.13 Å². The number of allylic oxidation sites excluding steroid dienone is 1. The van der Waals surface area contributed by atoms with E-state index in [0.717, 1.165) is 5.13 Å². The van der Waals surface area contributed by atoms with E-state index in [1.54, 1.807) is 13.8 Å². The third-order valence-corrected chi connectivity index (χ3v) is 3.63. The molecule has 0 bridgehead atoms. The fourth-order valence-corrected chi connectivity index (χ4v) is 2.27. The summed E-state index contributed by atoms with van der Waals surface area (Å²) in [6, 6.07) is 0. The SMILES string of the molecule is CC(C)C(=Cc1sc(N(C)C)nc1Cl)[N+](=O)[O-]. The molecular formula is C10H14ClN3O2S. The average molecular weight is 276 g/mol. The molecule has 0 amide bonds. The van der Waals surface area contributed by atoms with Crippen LogP contribution in [0.3, 0.4) is 0 Å². The molecule has 0 atom stereocenters. The van der Waals surface area contributed by atoms with Gasteiger partial charge in [-0.05, 0) is 0 Å². The van der Waals surface area contributed by atoms with Crippen molar-refractivity contribution >= 4 is 34.1 Å². The number of aromatic nitrogens is 1. The molecule has 0 aliphatic rings. The monoisotopic (exact) mass is 275 g/mol. The minimum atomic E-state index is -0.379. The highest BCUT2D eigenvalue weighted by molar-refractivity contribution is 7.17. The number of halogens is 1. The molecule has 0 fully saturated rings. The molecular weight excluding hydrogens is 262 g/mol. The van der Waals surface area contributed by atoms with Crippen molar-refractivity contribution < 1.29 is 4.92 Å². The fraction of sp³-hybridized carbons (Fsp3) is 0.500. The second-order valence-corrected chi connectivity index (χ2v) is 5.39. The lowest BCUT2D eigenvalue weighted by molar-refractivity contribution is -0.431. The fourth-order valence-electron chi connectivity index (χ4n) is 1.15. The summed E-state index contributed by atoms with van der Waals surface area (Å²) in [6.45, 7) is 3.55. The Balaban J connectivity index is 3.16. The maximum atomic E-state index is 10.9. The number of anilines is 1. The molecule has 5 nitrogen and oxygen atoms in total. The minimum Gasteiger partial charge on any atom is -0.354 e. The van der Waals surface area contributed by atoms with E-state index >= 15 is 0 Å². The third kappa shape index (κ3) is 3.41. The van der Waals surface area contributed by atoms with Crippen molar-refractivity contribution in [2.45, 2.75) is 13.8 Å². The van der Waals surface area contributed by atoms with Crippen LogP contribution in [-0.4, -0.2) is 24.0 Å². The Labute approximate surface area is 109 Å². The molecule has 17 heavy (non-hydrogen) atoms. The number of nitrogens with zero attached hydrogens (tertiary/aromatic N) is 3. The van der Waals surface area contributed by atoms with Crippen LogP contribution in [0.25, 0.3) is 6.08 Å². The maximum absolute atomic E-state index is 10.9. The topological polar surface area (TPSA) is 59.3 Å². The second-order valence-electron chi connectivity index (χ2n) is 4.03. The second kappa shape index (κ2) is 5.46. The number of thiazole rings is 1. The van der Waals surface area contributed by atoms with Crippen LogP contribution in [0.15, 0.2) is 5.70 Å². The Morgan fingerprint density at radius 2 is 2.18 bits per heavy atom. The van der Waals surface area contributed by atoms with Crippen molar-refractivity contribution in [3.63, 3.8) is 0 Å². The Morgan fingerprint density at radius 1 is 1.59 bits per heavy atom. The minimum absolute atomic E-state index is 0.140. The Kier molecular flexibility index (Phi) is 4.47. The van der Waals surface area contributed by atoms with E-state index in [1.807, 2.05) is 19.0 Å². The zero-order chi connectivity index (χ0) is 13.2. The van der Waals surface area contributed by atoms with Crippen molar-refractivity contribution in [2.75, 3.05) is 19.0 Å². The van der Waals surface area contributed by atoms with Crippen LogP contribution in [0, 0.1) is 16.0 Å². The summed E-state index contributed by atoms with van der Waals surface area (Å²) >= 11 is 7.28. The lowest BCUT2D eigenvalue weighted by Crippen LogP contribution is -2.07. The predicted molar refractivity (Wildman–Crippen MR) is 71.3 cm³/mol. The quantitative estimate of drug-likeness (QED) is 0.626. The molecule has 0 aromatic carbocycles. The Bertz CT molecular complexity index is 454. The van der Waals surface area contributed by atoms with Crippen LogP contribution in [0.5, 0.6) is 0 Å². The van der Waals surface area contributed by atoms with Crippen molar-refractivity contribution in [1.82, 2.24) is 4.98 Å². The number of hydrogen-bond acceptors (Lipinski definition) is 5. The lowest BCUT2D eigenvalue weighted by Gasteiger charge is -2.04. The summed E-state index contributed by atoms with van der Waals surface area (Å²) in [5, 5.41) is 11.9. The van der Waals surface area contributed by atoms with Crippen molar-refractivity contribution in [1.29, 1.82) is 0 Å². The molecule has 0 spiro atoms. The van der Waals surface area contributed by atoms with Crippen molar-refractivity contribution in [3.05, 3.63) is 25.8 Å². The van der Waals surface area contributed by atoms with Gasteiger partial charge in [0, 0.05) is 26.1 Å². The summed E-state index contributed by atoms with van der Waals surface area (Å²) in [6.07, 6.45) is 1.50.